The first kappa shape index (κ1) is 13.3. The van der Waals surface area contributed by atoms with Crippen LogP contribution in [-0.4, -0.2) is 13.2 Å². The van der Waals surface area contributed by atoms with E-state index in [-0.39, 0.29) is 0 Å². The molecule has 1 aliphatic heterocycles. The topological polar surface area (TPSA) is 9.23 Å². The molecule has 0 aromatic rings. The molecule has 1 heterocycles. The highest BCUT2D eigenvalue weighted by Crippen LogP contribution is 1.91. The Morgan fingerprint density at radius 3 is 1.82 bits per heavy atom. The molecule has 0 N–H and O–H groups in total. The van der Waals surface area contributed by atoms with E-state index in [1.54, 1.807) is 0 Å². The van der Waals surface area contributed by atoms with E-state index in [4.69, 9.17) is 4.74 Å². The van der Waals surface area contributed by atoms with Gasteiger partial charge in [0.15, 0.2) is 0 Å². The van der Waals surface area contributed by atoms with Gasteiger partial charge in [-0.1, -0.05) is 46.3 Å². The molecule has 1 rings (SSSR count). The Kier molecular flexibility index (Phi) is 19.8. The van der Waals surface area contributed by atoms with Gasteiger partial charge in [0.25, 0.3) is 0 Å². The first-order chi connectivity index (χ1) is 5.41. The lowest BCUT2D eigenvalue weighted by atomic mass is 10.3. The van der Waals surface area contributed by atoms with E-state index in [9.17, 15) is 0 Å². The van der Waals surface area contributed by atoms with Gasteiger partial charge in [-0.3, -0.25) is 0 Å². The maximum absolute atomic E-state index is 4.98. The SMILES string of the molecule is C1=CCOCC1.CC.CCC. The lowest BCUT2D eigenvalue weighted by Gasteiger charge is -2.00. The molecule has 0 saturated heterocycles. The van der Waals surface area contributed by atoms with Gasteiger partial charge in [-0.05, 0) is 6.42 Å². The summed E-state index contributed by atoms with van der Waals surface area (Å²) in [6.07, 6.45) is 6.53. The van der Waals surface area contributed by atoms with E-state index in [0.717, 1.165) is 19.6 Å². The molecule has 0 radical (unpaired) electrons. The molecule has 0 saturated carbocycles. The molecule has 0 atom stereocenters. The van der Waals surface area contributed by atoms with Gasteiger partial charge in [-0.2, -0.15) is 0 Å². The van der Waals surface area contributed by atoms with Crippen molar-refractivity contribution < 1.29 is 4.74 Å². The van der Waals surface area contributed by atoms with Crippen LogP contribution in [0.5, 0.6) is 0 Å². The van der Waals surface area contributed by atoms with E-state index in [1.807, 2.05) is 19.9 Å². The summed E-state index contributed by atoms with van der Waals surface area (Å²) in [7, 11) is 0. The summed E-state index contributed by atoms with van der Waals surface area (Å²) in [6, 6.07) is 0. The van der Waals surface area contributed by atoms with Crippen LogP contribution in [0.2, 0.25) is 0 Å². The summed E-state index contributed by atoms with van der Waals surface area (Å²) in [6.45, 7) is 9.98. The van der Waals surface area contributed by atoms with E-state index in [2.05, 4.69) is 19.9 Å². The first-order valence-corrected chi connectivity index (χ1v) is 4.64. The van der Waals surface area contributed by atoms with Crippen molar-refractivity contribution >= 4 is 0 Å². The standard InChI is InChI=1S/C5H8O.C3H8.C2H6/c1-2-4-6-5-3-1;1-3-2;1-2/h1-2H,3-5H2;3H2,1-2H3;1-2H3. The number of rotatable bonds is 0. The Hall–Kier alpha value is -0.300. The molecule has 0 aromatic carbocycles. The molecule has 1 nitrogen and oxygen atoms in total. The van der Waals surface area contributed by atoms with Crippen LogP contribution in [0.15, 0.2) is 12.2 Å². The lowest BCUT2D eigenvalue weighted by molar-refractivity contribution is 0.158. The van der Waals surface area contributed by atoms with Crippen LogP contribution in [-0.2, 0) is 4.74 Å². The first-order valence-electron chi connectivity index (χ1n) is 4.64. The van der Waals surface area contributed by atoms with Crippen molar-refractivity contribution in [2.75, 3.05) is 13.2 Å². The van der Waals surface area contributed by atoms with Gasteiger partial charge in [0.1, 0.15) is 0 Å². The average molecular weight is 158 g/mol. The van der Waals surface area contributed by atoms with E-state index in [0.29, 0.717) is 0 Å². The van der Waals surface area contributed by atoms with Crippen molar-refractivity contribution in [1.29, 1.82) is 0 Å². The van der Waals surface area contributed by atoms with Crippen molar-refractivity contribution in [2.24, 2.45) is 0 Å². The zero-order valence-corrected chi connectivity index (χ0v) is 8.39. The Labute approximate surface area is 71.5 Å². The number of hydrogen-bond donors (Lipinski definition) is 0. The molecule has 0 unspecified atom stereocenters. The predicted molar refractivity (Wildman–Crippen MR) is 51.9 cm³/mol. The number of ether oxygens (including phenoxy) is 1. The summed E-state index contributed by atoms with van der Waals surface area (Å²) in [4.78, 5) is 0. The molecule has 0 fully saturated rings. The highest BCUT2D eigenvalue weighted by molar-refractivity contribution is 4.84. The van der Waals surface area contributed by atoms with Crippen molar-refractivity contribution in [3.63, 3.8) is 0 Å². The highest BCUT2D eigenvalue weighted by atomic mass is 16.5. The molecule has 68 valence electrons. The second-order valence-electron chi connectivity index (χ2n) is 2.04. The third-order valence-corrected chi connectivity index (χ3v) is 0.810. The molecule has 1 heteroatoms. The van der Waals surface area contributed by atoms with Crippen LogP contribution in [0.1, 0.15) is 40.5 Å². The van der Waals surface area contributed by atoms with E-state index >= 15 is 0 Å². The second kappa shape index (κ2) is 16.4. The summed E-state index contributed by atoms with van der Waals surface area (Å²) in [5.41, 5.74) is 0. The molecule has 0 bridgehead atoms. The van der Waals surface area contributed by atoms with E-state index in [1.165, 1.54) is 6.42 Å². The van der Waals surface area contributed by atoms with Gasteiger partial charge in [0, 0.05) is 0 Å². The van der Waals surface area contributed by atoms with Crippen molar-refractivity contribution in [3.8, 4) is 0 Å². The molecule has 0 amide bonds. The molecule has 0 spiro atoms. The van der Waals surface area contributed by atoms with Crippen LogP contribution < -0.4 is 0 Å². The van der Waals surface area contributed by atoms with Crippen molar-refractivity contribution in [1.82, 2.24) is 0 Å². The second-order valence-corrected chi connectivity index (χ2v) is 2.04. The normalized spacial score (nSPS) is 13.8. The van der Waals surface area contributed by atoms with Crippen LogP contribution in [0.4, 0.5) is 0 Å². The maximum Gasteiger partial charge on any atom is 0.0647 e. The quantitative estimate of drug-likeness (QED) is 0.491. The van der Waals surface area contributed by atoms with Crippen LogP contribution in [0, 0.1) is 0 Å². The molecular weight excluding hydrogens is 136 g/mol. The minimum atomic E-state index is 0.819. The van der Waals surface area contributed by atoms with Crippen LogP contribution in [0.25, 0.3) is 0 Å². The van der Waals surface area contributed by atoms with Gasteiger partial charge in [0.05, 0.1) is 13.2 Å². The fourth-order valence-corrected chi connectivity index (χ4v) is 0.489. The highest BCUT2D eigenvalue weighted by Gasteiger charge is 1.85. The molecule has 0 aromatic heterocycles. The van der Waals surface area contributed by atoms with Crippen molar-refractivity contribution in [2.45, 2.75) is 40.5 Å². The van der Waals surface area contributed by atoms with Gasteiger partial charge in [-0.25, -0.2) is 0 Å². The zero-order valence-electron chi connectivity index (χ0n) is 8.39. The largest absolute Gasteiger partial charge is 0.377 e. The number of hydrogen-bond acceptors (Lipinski definition) is 1. The van der Waals surface area contributed by atoms with Gasteiger partial charge in [-0.15, -0.1) is 0 Å². The molecule has 1 aliphatic rings. The third kappa shape index (κ3) is 17.7. The fourth-order valence-electron chi connectivity index (χ4n) is 0.489. The Morgan fingerprint density at radius 2 is 1.73 bits per heavy atom. The summed E-state index contributed by atoms with van der Waals surface area (Å²) < 4.78 is 4.98. The maximum atomic E-state index is 4.98. The Balaban J connectivity index is 0. The Bertz CT molecular complexity index is 59.3. The van der Waals surface area contributed by atoms with Crippen LogP contribution >= 0.6 is 0 Å². The van der Waals surface area contributed by atoms with Crippen molar-refractivity contribution in [3.05, 3.63) is 12.2 Å². The average Bonchev–Trinajstić information content (AvgIpc) is 2.12. The summed E-state index contributed by atoms with van der Waals surface area (Å²) in [5.74, 6) is 0. The monoisotopic (exact) mass is 158 g/mol. The molecular formula is C10H22O. The minimum absolute atomic E-state index is 0.819. The molecule has 11 heavy (non-hydrogen) atoms. The fraction of sp³-hybridized carbons (Fsp3) is 0.800. The summed E-state index contributed by atoms with van der Waals surface area (Å²) >= 11 is 0. The van der Waals surface area contributed by atoms with Gasteiger partial charge >= 0.3 is 0 Å². The summed E-state index contributed by atoms with van der Waals surface area (Å²) in [5, 5.41) is 0. The minimum Gasteiger partial charge on any atom is -0.377 e. The van der Waals surface area contributed by atoms with E-state index < -0.39 is 0 Å². The smallest absolute Gasteiger partial charge is 0.0647 e. The Morgan fingerprint density at radius 1 is 1.18 bits per heavy atom. The third-order valence-electron chi connectivity index (χ3n) is 0.810. The van der Waals surface area contributed by atoms with Crippen LogP contribution in [0.3, 0.4) is 0 Å². The van der Waals surface area contributed by atoms with Gasteiger partial charge in [0.2, 0.25) is 0 Å². The lowest BCUT2D eigenvalue weighted by Crippen LogP contribution is -1.96. The molecule has 0 aliphatic carbocycles. The zero-order chi connectivity index (χ0) is 8.95. The predicted octanol–water partition coefficient (Wildman–Crippen LogP) is 3.41. The van der Waals surface area contributed by atoms with Gasteiger partial charge < -0.3 is 4.74 Å².